The van der Waals surface area contributed by atoms with Gasteiger partial charge in [0.05, 0.1) is 0 Å². The molecule has 0 saturated carbocycles. The van der Waals surface area contributed by atoms with Gasteiger partial charge >= 0.3 is 5.97 Å². The normalized spacial score (nSPS) is 11.5. The molecular formula is C17H15FN2O4. The summed E-state index contributed by atoms with van der Waals surface area (Å²) in [5.74, 6) is -1.96. The topological polar surface area (TPSA) is 95.8 Å². The monoisotopic (exact) mass is 330 g/mol. The van der Waals surface area contributed by atoms with Crippen molar-refractivity contribution in [3.8, 4) is 0 Å². The Morgan fingerprint density at radius 1 is 1.17 bits per heavy atom. The number of carbonyl (C=O) groups is 2. The summed E-state index contributed by atoms with van der Waals surface area (Å²) in [6, 6.07) is 10.9. The van der Waals surface area contributed by atoms with Gasteiger partial charge < -0.3 is 10.4 Å². The number of halogens is 1. The maximum Gasteiger partial charge on any atom is 0.303 e. The molecule has 0 saturated heterocycles. The fourth-order valence-electron chi connectivity index (χ4n) is 2.16. The molecule has 6 nitrogen and oxygen atoms in total. The van der Waals surface area contributed by atoms with Crippen LogP contribution in [0.4, 0.5) is 10.1 Å². The molecule has 0 fully saturated rings. The number of hydrogen-bond acceptors (Lipinski definition) is 4. The molecule has 0 aromatic heterocycles. The van der Waals surface area contributed by atoms with Gasteiger partial charge in [0.25, 0.3) is 5.91 Å². The lowest BCUT2D eigenvalue weighted by Gasteiger charge is -2.10. The molecule has 2 aromatic carbocycles. The van der Waals surface area contributed by atoms with Crippen LogP contribution in [0.25, 0.3) is 0 Å². The van der Waals surface area contributed by atoms with E-state index in [0.717, 1.165) is 6.07 Å². The van der Waals surface area contributed by atoms with E-state index in [1.54, 1.807) is 24.3 Å². The molecule has 0 aliphatic carbocycles. The average Bonchev–Trinajstić information content (AvgIpc) is 2.56. The Balaban J connectivity index is 2.04. The van der Waals surface area contributed by atoms with Gasteiger partial charge in [-0.1, -0.05) is 23.4 Å². The van der Waals surface area contributed by atoms with Gasteiger partial charge in [0, 0.05) is 17.7 Å². The van der Waals surface area contributed by atoms with Crippen molar-refractivity contribution in [2.24, 2.45) is 5.18 Å². The number of nitroso groups, excluding NO2 is 1. The second-order valence-electron chi connectivity index (χ2n) is 5.14. The molecule has 0 spiro atoms. The molecule has 2 N–H and O–H groups in total. The minimum atomic E-state index is -0.998. The largest absolute Gasteiger partial charge is 0.481 e. The molecule has 1 amide bonds. The van der Waals surface area contributed by atoms with Crippen LogP contribution in [-0.2, 0) is 4.79 Å². The van der Waals surface area contributed by atoms with Gasteiger partial charge in [-0.05, 0) is 42.3 Å². The SMILES string of the molecule is O=NC(CCC(=O)O)c1ccc(NC(=O)c2cccc(F)c2)cc1. The number of benzene rings is 2. The predicted octanol–water partition coefficient (Wildman–Crippen LogP) is 3.75. The third-order valence-corrected chi connectivity index (χ3v) is 3.40. The second-order valence-corrected chi connectivity index (χ2v) is 5.14. The molecule has 1 unspecified atom stereocenters. The van der Waals surface area contributed by atoms with Crippen molar-refractivity contribution in [2.75, 3.05) is 5.32 Å². The van der Waals surface area contributed by atoms with Crippen molar-refractivity contribution in [1.29, 1.82) is 0 Å². The second kappa shape index (κ2) is 7.96. The van der Waals surface area contributed by atoms with Crippen LogP contribution in [0.2, 0.25) is 0 Å². The summed E-state index contributed by atoms with van der Waals surface area (Å²) >= 11 is 0. The number of carbonyl (C=O) groups excluding carboxylic acids is 1. The van der Waals surface area contributed by atoms with Crippen LogP contribution >= 0.6 is 0 Å². The zero-order valence-corrected chi connectivity index (χ0v) is 12.6. The quantitative estimate of drug-likeness (QED) is 0.756. The predicted molar refractivity (Wildman–Crippen MR) is 86.2 cm³/mol. The van der Waals surface area contributed by atoms with Crippen molar-refractivity contribution in [2.45, 2.75) is 18.9 Å². The number of amides is 1. The lowest BCUT2D eigenvalue weighted by molar-refractivity contribution is -0.137. The summed E-state index contributed by atoms with van der Waals surface area (Å²) < 4.78 is 13.1. The highest BCUT2D eigenvalue weighted by molar-refractivity contribution is 6.04. The number of anilines is 1. The van der Waals surface area contributed by atoms with Crippen LogP contribution in [0.1, 0.15) is 34.8 Å². The van der Waals surface area contributed by atoms with Crippen LogP contribution < -0.4 is 5.32 Å². The highest BCUT2D eigenvalue weighted by Gasteiger charge is 2.14. The molecule has 24 heavy (non-hydrogen) atoms. The molecule has 0 aliphatic rings. The first-order valence-corrected chi connectivity index (χ1v) is 7.20. The van der Waals surface area contributed by atoms with Gasteiger partial charge in [0.15, 0.2) is 0 Å². The fourth-order valence-corrected chi connectivity index (χ4v) is 2.16. The number of carboxylic acid groups (broad SMARTS) is 1. The van der Waals surface area contributed by atoms with E-state index >= 15 is 0 Å². The molecule has 7 heteroatoms. The van der Waals surface area contributed by atoms with Crippen LogP contribution in [0.5, 0.6) is 0 Å². The Bertz CT molecular complexity index is 747. The molecular weight excluding hydrogens is 315 g/mol. The Kier molecular flexibility index (Phi) is 5.73. The summed E-state index contributed by atoms with van der Waals surface area (Å²) in [5.41, 5.74) is 1.22. The number of nitrogens with one attached hydrogen (secondary N) is 1. The van der Waals surface area contributed by atoms with E-state index in [1.807, 2.05) is 0 Å². The Morgan fingerprint density at radius 2 is 1.88 bits per heavy atom. The first-order valence-electron chi connectivity index (χ1n) is 7.20. The highest BCUT2D eigenvalue weighted by Crippen LogP contribution is 2.24. The van der Waals surface area contributed by atoms with E-state index in [4.69, 9.17) is 5.11 Å². The molecule has 1 atom stereocenters. The van der Waals surface area contributed by atoms with Gasteiger partial charge in [-0.15, -0.1) is 0 Å². The van der Waals surface area contributed by atoms with Gasteiger partial charge in [0.2, 0.25) is 0 Å². The Labute approximate surface area is 137 Å². The molecule has 0 heterocycles. The first kappa shape index (κ1) is 17.3. The molecule has 124 valence electrons. The zero-order valence-electron chi connectivity index (χ0n) is 12.6. The summed E-state index contributed by atoms with van der Waals surface area (Å²) in [7, 11) is 0. The molecule has 0 radical (unpaired) electrons. The van der Waals surface area contributed by atoms with Crippen molar-refractivity contribution in [3.05, 3.63) is 70.4 Å². The maximum atomic E-state index is 13.1. The smallest absolute Gasteiger partial charge is 0.303 e. The standard InChI is InChI=1S/C17H15FN2O4/c18-13-3-1-2-12(10-13)17(23)19-14-6-4-11(5-7-14)15(20-24)8-9-16(21)22/h1-7,10,15H,8-9H2,(H,19,23)(H,21,22). The van der Waals surface area contributed by atoms with E-state index in [-0.39, 0.29) is 18.4 Å². The molecule has 0 aliphatic heterocycles. The minimum absolute atomic E-state index is 0.105. The van der Waals surface area contributed by atoms with E-state index in [1.165, 1.54) is 18.2 Å². The number of aliphatic carboxylic acids is 1. The third kappa shape index (κ3) is 4.70. The Morgan fingerprint density at radius 3 is 2.46 bits per heavy atom. The van der Waals surface area contributed by atoms with Crippen LogP contribution in [-0.4, -0.2) is 17.0 Å². The number of nitrogens with zero attached hydrogens (tertiary/aromatic N) is 1. The lowest BCUT2D eigenvalue weighted by Crippen LogP contribution is -2.12. The highest BCUT2D eigenvalue weighted by atomic mass is 19.1. The number of carboxylic acids is 1. The van der Waals surface area contributed by atoms with E-state index in [9.17, 15) is 18.9 Å². The number of rotatable bonds is 7. The molecule has 0 bridgehead atoms. The van der Waals surface area contributed by atoms with Crippen molar-refractivity contribution in [1.82, 2.24) is 0 Å². The van der Waals surface area contributed by atoms with Crippen LogP contribution in [0.3, 0.4) is 0 Å². The molecule has 2 rings (SSSR count). The van der Waals surface area contributed by atoms with Crippen molar-refractivity contribution >= 4 is 17.6 Å². The van der Waals surface area contributed by atoms with Crippen LogP contribution in [0, 0.1) is 10.7 Å². The molecule has 2 aromatic rings. The number of hydrogen-bond donors (Lipinski definition) is 2. The van der Waals surface area contributed by atoms with E-state index in [2.05, 4.69) is 10.5 Å². The van der Waals surface area contributed by atoms with Gasteiger partial charge in [0.1, 0.15) is 11.9 Å². The van der Waals surface area contributed by atoms with E-state index < -0.39 is 23.7 Å². The van der Waals surface area contributed by atoms with Crippen LogP contribution in [0.15, 0.2) is 53.7 Å². The first-order chi connectivity index (χ1) is 11.5. The summed E-state index contributed by atoms with van der Waals surface area (Å²) in [6.45, 7) is 0. The summed E-state index contributed by atoms with van der Waals surface area (Å²) in [4.78, 5) is 33.4. The fraction of sp³-hybridized carbons (Fsp3) is 0.176. The maximum absolute atomic E-state index is 13.1. The lowest BCUT2D eigenvalue weighted by atomic mass is 10.0. The minimum Gasteiger partial charge on any atom is -0.481 e. The van der Waals surface area contributed by atoms with Gasteiger partial charge in [-0.3, -0.25) is 9.59 Å². The summed E-state index contributed by atoms with van der Waals surface area (Å²) in [6.07, 6.45) is -0.0533. The van der Waals surface area contributed by atoms with Crippen molar-refractivity contribution in [3.63, 3.8) is 0 Å². The van der Waals surface area contributed by atoms with Gasteiger partial charge in [-0.2, -0.15) is 4.91 Å². The van der Waals surface area contributed by atoms with E-state index in [0.29, 0.717) is 11.3 Å². The average molecular weight is 330 g/mol. The van der Waals surface area contributed by atoms with Gasteiger partial charge in [-0.25, -0.2) is 4.39 Å². The Hall–Kier alpha value is -3.09. The summed E-state index contributed by atoms with van der Waals surface area (Å²) in [5, 5.41) is 14.2. The third-order valence-electron chi connectivity index (χ3n) is 3.40. The zero-order chi connectivity index (χ0) is 17.5. The van der Waals surface area contributed by atoms with Crippen molar-refractivity contribution < 1.29 is 19.1 Å².